The third-order valence-electron chi connectivity index (χ3n) is 14.3. The van der Waals surface area contributed by atoms with Gasteiger partial charge in [0.15, 0.2) is 0 Å². The van der Waals surface area contributed by atoms with Gasteiger partial charge in [-0.3, -0.25) is 14.7 Å². The summed E-state index contributed by atoms with van der Waals surface area (Å²) in [5.74, 6) is -1.68. The Morgan fingerprint density at radius 2 is 1.78 bits per heavy atom. The van der Waals surface area contributed by atoms with Crippen LogP contribution in [0.1, 0.15) is 68.3 Å². The molecule has 8 rings (SSSR count). The van der Waals surface area contributed by atoms with Crippen molar-refractivity contribution in [3.63, 3.8) is 0 Å². The number of carbonyl (C=O) groups is 2. The molecule has 1 unspecified atom stereocenters. The lowest BCUT2D eigenvalue weighted by atomic mass is 9.43. The molecule has 3 N–H and O–H groups in total. The van der Waals surface area contributed by atoms with Crippen molar-refractivity contribution in [1.82, 2.24) is 9.88 Å². The van der Waals surface area contributed by atoms with Crippen molar-refractivity contribution >= 4 is 23.1 Å². The van der Waals surface area contributed by atoms with Gasteiger partial charge in [0.1, 0.15) is 16.8 Å². The summed E-state index contributed by atoms with van der Waals surface area (Å²) in [6, 6.07) is 10.6. The van der Waals surface area contributed by atoms with Crippen LogP contribution in [0, 0.1) is 29.1 Å². The molecule has 11 nitrogen and oxygen atoms in total. The lowest BCUT2D eigenvalue weighted by molar-refractivity contribution is -0.328. The molecule has 1 aliphatic heterocycles. The summed E-state index contributed by atoms with van der Waals surface area (Å²) >= 11 is 0. The highest BCUT2D eigenvalue weighted by Crippen LogP contribution is 2.78. The Morgan fingerprint density at radius 1 is 1.02 bits per heavy atom. The molecule has 5 saturated carbocycles. The van der Waals surface area contributed by atoms with Gasteiger partial charge in [0.05, 0.1) is 29.6 Å². The summed E-state index contributed by atoms with van der Waals surface area (Å²) in [6.07, 6.45) is 7.42. The zero-order chi connectivity index (χ0) is 35.9. The lowest BCUT2D eigenvalue weighted by Crippen LogP contribution is -2.82. The largest absolute Gasteiger partial charge is 0.454 e. The highest BCUT2D eigenvalue weighted by molar-refractivity contribution is 6.07. The molecule has 51 heavy (non-hydrogen) atoms. The Hall–Kier alpha value is -3.19. The number of fused-ring (bicyclic) bond motifs is 2. The number of piperidine rings is 1. The molecule has 1 aromatic carbocycles. The number of aromatic nitrogens is 1. The standard InChI is InChI=1S/C40H51N3O8/c1-6-43-22-37(51-36(45)27-9-7-8-10-29(27)42-33(44)17-23(2)24-12-15-41-16-13-24)14-11-32(49-4)39-30(37)20-28(34(39)43)38(46)21-26(48-3)18-25-19-31(39)40(38,47)35(25)50-5/h7-10,12-13,15-17,25-26,28,30-32,34-35,46-47H,6,11,14,18-22H2,1-5H3,(H,42,44)/b23-17+/t25-,26+,28+,30+,31-,32-,34?,35-,37+,38-,39-,40-/m0/s1. The third kappa shape index (κ3) is 4.67. The molecule has 1 spiro atoms. The predicted octanol–water partition coefficient (Wildman–Crippen LogP) is 4.09. The smallest absolute Gasteiger partial charge is 0.340 e. The number of hydrogen-bond donors (Lipinski definition) is 3. The topological polar surface area (TPSA) is 140 Å². The molecule has 6 aliphatic rings. The van der Waals surface area contributed by atoms with Crippen LogP contribution in [-0.4, -0.2) is 108 Å². The number of anilines is 1. The van der Waals surface area contributed by atoms with Crippen molar-refractivity contribution < 1.29 is 38.7 Å². The number of para-hydroxylation sites is 1. The number of methoxy groups -OCH3 is 3. The van der Waals surface area contributed by atoms with Gasteiger partial charge in [-0.2, -0.15) is 0 Å². The molecule has 1 saturated heterocycles. The van der Waals surface area contributed by atoms with E-state index in [0.29, 0.717) is 57.3 Å². The van der Waals surface area contributed by atoms with E-state index >= 15 is 0 Å². The molecule has 274 valence electrons. The van der Waals surface area contributed by atoms with Gasteiger partial charge >= 0.3 is 5.97 Å². The quantitative estimate of drug-likeness (QED) is 0.259. The molecule has 11 heteroatoms. The van der Waals surface area contributed by atoms with Crippen LogP contribution in [0.15, 0.2) is 54.9 Å². The van der Waals surface area contributed by atoms with E-state index in [1.807, 2.05) is 19.1 Å². The number of benzene rings is 1. The highest BCUT2D eigenvalue weighted by atomic mass is 16.6. The second-order valence-electron chi connectivity index (χ2n) is 16.0. The average molecular weight is 702 g/mol. The van der Waals surface area contributed by atoms with E-state index in [-0.39, 0.29) is 53.4 Å². The van der Waals surface area contributed by atoms with Gasteiger partial charge in [-0.25, -0.2) is 4.79 Å². The molecule has 6 fully saturated rings. The fourth-order valence-electron chi connectivity index (χ4n) is 12.7. The minimum Gasteiger partial charge on any atom is -0.454 e. The van der Waals surface area contributed by atoms with Crippen molar-refractivity contribution in [2.45, 2.75) is 93.5 Å². The fraction of sp³-hybridized carbons (Fsp3) is 0.625. The highest BCUT2D eigenvalue weighted by Gasteiger charge is 2.88. The van der Waals surface area contributed by atoms with Crippen LogP contribution < -0.4 is 5.32 Å². The average Bonchev–Trinajstić information content (AvgIpc) is 3.53. The van der Waals surface area contributed by atoms with Crippen LogP contribution in [-0.2, 0) is 23.7 Å². The van der Waals surface area contributed by atoms with Crippen LogP contribution in [0.4, 0.5) is 5.69 Å². The first-order valence-corrected chi connectivity index (χ1v) is 18.5. The second-order valence-corrected chi connectivity index (χ2v) is 16.0. The summed E-state index contributed by atoms with van der Waals surface area (Å²) in [7, 11) is 5.09. The van der Waals surface area contributed by atoms with E-state index in [1.165, 1.54) is 6.08 Å². The second kappa shape index (κ2) is 12.5. The summed E-state index contributed by atoms with van der Waals surface area (Å²) in [5.41, 5.74) is -2.18. The number of ether oxygens (including phenoxy) is 4. The summed E-state index contributed by atoms with van der Waals surface area (Å²) in [5, 5.41) is 29.2. The Morgan fingerprint density at radius 3 is 2.49 bits per heavy atom. The summed E-state index contributed by atoms with van der Waals surface area (Å²) in [6.45, 7) is 5.18. The van der Waals surface area contributed by atoms with Crippen LogP contribution in [0.2, 0.25) is 0 Å². The molecule has 7 bridgehead atoms. The van der Waals surface area contributed by atoms with E-state index in [9.17, 15) is 19.8 Å². The number of allylic oxidation sites excluding steroid dienone is 1. The van der Waals surface area contributed by atoms with E-state index in [2.05, 4.69) is 22.1 Å². The minimum atomic E-state index is -1.52. The minimum absolute atomic E-state index is 0.00313. The molecular weight excluding hydrogens is 650 g/mol. The number of nitrogens with zero attached hydrogens (tertiary/aromatic N) is 2. The number of nitrogens with one attached hydrogen (secondary N) is 1. The third-order valence-corrected chi connectivity index (χ3v) is 14.3. The van der Waals surface area contributed by atoms with Gasteiger partial charge in [-0.1, -0.05) is 19.1 Å². The van der Waals surface area contributed by atoms with Crippen LogP contribution in [0.3, 0.4) is 0 Å². The van der Waals surface area contributed by atoms with Gasteiger partial charge < -0.3 is 34.5 Å². The van der Waals surface area contributed by atoms with Crippen molar-refractivity contribution in [2.75, 3.05) is 39.7 Å². The SMILES string of the molecule is CCN1C[C@]2(OC(=O)c3ccccc3NC(=O)/C=C(\C)c3ccncc3)CC[C@H](OC)[C@]34C1[C@@H](C[C@H]23)[C@@]1(O)C[C@H](OC)C[C@H]2C[C@@H]4[C@]1(O)[C@H]2OC. The number of rotatable bonds is 9. The van der Waals surface area contributed by atoms with Gasteiger partial charge in [-0.15, -0.1) is 0 Å². The van der Waals surface area contributed by atoms with Crippen molar-refractivity contribution in [2.24, 2.45) is 29.1 Å². The number of aliphatic hydroxyl groups is 2. The first kappa shape index (κ1) is 34.9. The van der Waals surface area contributed by atoms with Gasteiger partial charge in [0.25, 0.3) is 0 Å². The number of likely N-dealkylation sites (tertiary alicyclic amines) is 1. The van der Waals surface area contributed by atoms with Crippen molar-refractivity contribution in [3.05, 3.63) is 66.0 Å². The molecule has 1 amide bonds. The van der Waals surface area contributed by atoms with E-state index in [1.54, 1.807) is 58.0 Å². The maximum atomic E-state index is 14.5. The number of likely N-dealkylation sites (N-methyl/N-ethyl adjacent to an activating group) is 1. The van der Waals surface area contributed by atoms with Gasteiger partial charge in [-0.05, 0) is 86.9 Å². The molecule has 1 aromatic heterocycles. The maximum absolute atomic E-state index is 14.5. The molecule has 0 radical (unpaired) electrons. The Labute approximate surface area is 299 Å². The zero-order valence-corrected chi connectivity index (χ0v) is 30.2. The van der Waals surface area contributed by atoms with Crippen molar-refractivity contribution in [1.29, 1.82) is 0 Å². The summed E-state index contributed by atoms with van der Waals surface area (Å²) < 4.78 is 25.4. The molecule has 5 aliphatic carbocycles. The maximum Gasteiger partial charge on any atom is 0.340 e. The van der Waals surface area contributed by atoms with Crippen LogP contribution in [0.5, 0.6) is 0 Å². The molecule has 12 atom stereocenters. The monoisotopic (exact) mass is 701 g/mol. The normalized spacial score (nSPS) is 42.3. The Bertz CT molecular complexity index is 1720. The molecule has 2 heterocycles. The predicted molar refractivity (Wildman–Crippen MR) is 189 cm³/mol. The van der Waals surface area contributed by atoms with E-state index in [0.717, 1.165) is 11.1 Å². The van der Waals surface area contributed by atoms with E-state index in [4.69, 9.17) is 18.9 Å². The van der Waals surface area contributed by atoms with E-state index < -0.39 is 34.3 Å². The van der Waals surface area contributed by atoms with Crippen molar-refractivity contribution in [3.8, 4) is 0 Å². The molecular formula is C40H51N3O8. The van der Waals surface area contributed by atoms with Crippen LogP contribution in [0.25, 0.3) is 5.57 Å². The number of carbonyl (C=O) groups excluding carboxylic acids is 2. The van der Waals surface area contributed by atoms with Gasteiger partial charge in [0, 0.05) is 82.0 Å². The number of amides is 1. The Balaban J connectivity index is 1.18. The fourth-order valence-corrected chi connectivity index (χ4v) is 12.7. The number of pyridine rings is 1. The lowest BCUT2D eigenvalue weighted by Gasteiger charge is -2.70. The first-order chi connectivity index (χ1) is 24.5. The Kier molecular flexibility index (Phi) is 8.52. The van der Waals surface area contributed by atoms with Gasteiger partial charge in [0.2, 0.25) is 5.91 Å². The zero-order valence-electron chi connectivity index (χ0n) is 30.2. The first-order valence-electron chi connectivity index (χ1n) is 18.5. The number of hydrogen-bond acceptors (Lipinski definition) is 10. The van der Waals surface area contributed by atoms with Crippen LogP contribution >= 0.6 is 0 Å². The number of esters is 1. The molecule has 2 aromatic rings. The summed E-state index contributed by atoms with van der Waals surface area (Å²) in [4.78, 5) is 34.2.